The lowest BCUT2D eigenvalue weighted by atomic mass is 9.95. The van der Waals surface area contributed by atoms with E-state index in [0.717, 1.165) is 16.7 Å². The maximum atomic E-state index is 13.5. The molecule has 0 fully saturated rings. The minimum Gasteiger partial charge on any atom is -0.349 e. The molecule has 168 valence electrons. The number of hydrogen-bond donors (Lipinski definition) is 1. The monoisotopic (exact) mass is 450 g/mol. The van der Waals surface area contributed by atoms with Crippen molar-refractivity contribution >= 4 is 21.6 Å². The van der Waals surface area contributed by atoms with Crippen molar-refractivity contribution in [1.29, 1.82) is 0 Å². The van der Waals surface area contributed by atoms with Crippen LogP contribution in [0.15, 0.2) is 83.8 Å². The van der Waals surface area contributed by atoms with Gasteiger partial charge in [-0.1, -0.05) is 66.2 Å². The number of carbonyl (C=O) groups excluding carboxylic acids is 1. The van der Waals surface area contributed by atoms with Gasteiger partial charge in [-0.3, -0.25) is 9.10 Å². The highest BCUT2D eigenvalue weighted by Crippen LogP contribution is 2.27. The fourth-order valence-electron chi connectivity index (χ4n) is 3.80. The first-order valence-corrected chi connectivity index (χ1v) is 12.0. The molecule has 3 aromatic carbocycles. The minimum absolute atomic E-state index is 0.149. The molecule has 0 aromatic heterocycles. The summed E-state index contributed by atoms with van der Waals surface area (Å²) in [7, 11) is -3.93. The van der Waals surface area contributed by atoms with Crippen molar-refractivity contribution in [2.24, 2.45) is 0 Å². The Morgan fingerprint density at radius 3 is 2.09 bits per heavy atom. The lowest BCUT2D eigenvalue weighted by molar-refractivity contribution is -0.121. The van der Waals surface area contributed by atoms with Gasteiger partial charge in [0.15, 0.2) is 0 Å². The van der Waals surface area contributed by atoms with Crippen molar-refractivity contribution in [3.05, 3.63) is 95.6 Å². The van der Waals surface area contributed by atoms with Gasteiger partial charge in [-0.15, -0.1) is 0 Å². The van der Waals surface area contributed by atoms with Crippen LogP contribution < -0.4 is 9.62 Å². The molecule has 32 heavy (non-hydrogen) atoms. The van der Waals surface area contributed by atoms with Crippen LogP contribution in [0.5, 0.6) is 0 Å². The topological polar surface area (TPSA) is 66.5 Å². The molecule has 0 saturated carbocycles. The van der Waals surface area contributed by atoms with E-state index >= 15 is 0 Å². The summed E-state index contributed by atoms with van der Waals surface area (Å²) in [4.78, 5) is 13.2. The molecule has 0 radical (unpaired) electrons. The van der Waals surface area contributed by atoms with Crippen LogP contribution >= 0.6 is 0 Å². The van der Waals surface area contributed by atoms with Gasteiger partial charge in [0.05, 0.1) is 10.6 Å². The summed E-state index contributed by atoms with van der Waals surface area (Å²) < 4.78 is 28.2. The van der Waals surface area contributed by atoms with Gasteiger partial charge in [-0.2, -0.15) is 0 Å². The number of nitrogens with one attached hydrogen (secondary N) is 1. The van der Waals surface area contributed by atoms with Gasteiger partial charge < -0.3 is 5.32 Å². The number of nitrogens with zero attached hydrogens (tertiary/aromatic N) is 1. The molecule has 0 spiro atoms. The zero-order valence-electron chi connectivity index (χ0n) is 19.0. The first kappa shape index (κ1) is 23.5. The second kappa shape index (κ2) is 9.57. The van der Waals surface area contributed by atoms with Gasteiger partial charge in [0.25, 0.3) is 10.0 Å². The Morgan fingerprint density at radius 2 is 1.50 bits per heavy atom. The minimum atomic E-state index is -3.93. The summed E-state index contributed by atoms with van der Waals surface area (Å²) in [5.74, 6) is -0.356. The van der Waals surface area contributed by atoms with E-state index in [4.69, 9.17) is 0 Å². The van der Waals surface area contributed by atoms with Crippen LogP contribution in [0.1, 0.15) is 30.5 Å². The van der Waals surface area contributed by atoms with Crippen LogP contribution in [0.25, 0.3) is 0 Å². The van der Waals surface area contributed by atoms with Crippen molar-refractivity contribution in [3.8, 4) is 0 Å². The predicted molar refractivity (Wildman–Crippen MR) is 129 cm³/mol. The Balaban J connectivity index is 1.89. The zero-order valence-corrected chi connectivity index (χ0v) is 19.8. The predicted octanol–water partition coefficient (Wildman–Crippen LogP) is 4.64. The van der Waals surface area contributed by atoms with E-state index in [2.05, 4.69) is 5.32 Å². The summed E-state index contributed by atoms with van der Waals surface area (Å²) in [6.45, 7) is 7.37. The van der Waals surface area contributed by atoms with Gasteiger partial charge in [-0.25, -0.2) is 8.42 Å². The van der Waals surface area contributed by atoms with Crippen LogP contribution in [-0.4, -0.2) is 26.4 Å². The van der Waals surface area contributed by atoms with E-state index in [1.807, 2.05) is 70.2 Å². The first-order chi connectivity index (χ1) is 15.1. The largest absolute Gasteiger partial charge is 0.349 e. The van der Waals surface area contributed by atoms with E-state index in [1.165, 1.54) is 4.31 Å². The molecule has 6 heteroatoms. The van der Waals surface area contributed by atoms with Gasteiger partial charge in [0, 0.05) is 5.54 Å². The highest BCUT2D eigenvalue weighted by molar-refractivity contribution is 7.92. The summed E-state index contributed by atoms with van der Waals surface area (Å²) >= 11 is 0. The van der Waals surface area contributed by atoms with Crippen molar-refractivity contribution in [3.63, 3.8) is 0 Å². The number of benzene rings is 3. The lowest BCUT2D eigenvalue weighted by Gasteiger charge is -2.30. The average Bonchev–Trinajstić information content (AvgIpc) is 2.73. The Hall–Kier alpha value is -3.12. The molecule has 0 unspecified atom stereocenters. The summed E-state index contributed by atoms with van der Waals surface area (Å²) in [6.07, 6.45) is 0.634. The molecular weight excluding hydrogens is 420 g/mol. The Bertz CT molecular complexity index is 1170. The van der Waals surface area contributed by atoms with Crippen molar-refractivity contribution in [1.82, 2.24) is 5.32 Å². The van der Waals surface area contributed by atoms with Crippen molar-refractivity contribution < 1.29 is 13.2 Å². The third-order valence-electron chi connectivity index (χ3n) is 5.21. The van der Waals surface area contributed by atoms with Gasteiger partial charge in [0.2, 0.25) is 5.91 Å². The second-order valence-corrected chi connectivity index (χ2v) is 10.6. The fraction of sp³-hybridized carbons (Fsp3) is 0.269. The number of rotatable bonds is 8. The summed E-state index contributed by atoms with van der Waals surface area (Å²) in [5.41, 5.74) is 2.87. The van der Waals surface area contributed by atoms with Crippen LogP contribution in [-0.2, 0) is 21.2 Å². The molecule has 0 heterocycles. The van der Waals surface area contributed by atoms with Crippen LogP contribution in [0.4, 0.5) is 5.69 Å². The molecule has 0 aliphatic rings. The SMILES string of the molecule is Cc1ccc(N(CC(=O)NC(C)(C)Cc2ccccc2)S(=O)(=O)c2ccccc2)c(C)c1. The zero-order chi connectivity index (χ0) is 23.4. The molecule has 0 saturated heterocycles. The van der Waals surface area contributed by atoms with E-state index < -0.39 is 15.6 Å². The highest BCUT2D eigenvalue weighted by atomic mass is 32.2. The number of carbonyl (C=O) groups is 1. The van der Waals surface area contributed by atoms with Gasteiger partial charge in [-0.05, 0) is 63.4 Å². The smallest absolute Gasteiger partial charge is 0.264 e. The number of aryl methyl sites for hydroxylation is 2. The number of anilines is 1. The van der Waals surface area contributed by atoms with Crippen molar-refractivity contribution in [2.45, 2.75) is 44.6 Å². The number of amides is 1. The third-order valence-corrected chi connectivity index (χ3v) is 6.98. The molecule has 3 aromatic rings. The fourth-order valence-corrected chi connectivity index (χ4v) is 5.31. The van der Waals surface area contributed by atoms with E-state index in [1.54, 1.807) is 36.4 Å². The molecule has 0 atom stereocenters. The van der Waals surface area contributed by atoms with Gasteiger partial charge in [0.1, 0.15) is 6.54 Å². The Morgan fingerprint density at radius 1 is 0.906 bits per heavy atom. The lowest BCUT2D eigenvalue weighted by Crippen LogP contribution is -2.50. The molecule has 3 rings (SSSR count). The first-order valence-electron chi connectivity index (χ1n) is 10.6. The highest BCUT2D eigenvalue weighted by Gasteiger charge is 2.30. The van der Waals surface area contributed by atoms with E-state index in [0.29, 0.717) is 12.1 Å². The normalized spacial score (nSPS) is 11.8. The molecule has 1 amide bonds. The van der Waals surface area contributed by atoms with Crippen LogP contribution in [0.2, 0.25) is 0 Å². The number of sulfonamides is 1. The molecule has 0 aliphatic heterocycles. The summed E-state index contributed by atoms with van der Waals surface area (Å²) in [6, 6.07) is 23.6. The van der Waals surface area contributed by atoms with Crippen LogP contribution in [0, 0.1) is 13.8 Å². The van der Waals surface area contributed by atoms with Crippen LogP contribution in [0.3, 0.4) is 0 Å². The molecule has 1 N–H and O–H groups in total. The Kier molecular flexibility index (Phi) is 7.04. The van der Waals surface area contributed by atoms with Crippen molar-refractivity contribution in [2.75, 3.05) is 10.8 Å². The molecule has 0 aliphatic carbocycles. The second-order valence-electron chi connectivity index (χ2n) is 8.71. The molecular formula is C26H30N2O3S. The quantitative estimate of drug-likeness (QED) is 0.544. The summed E-state index contributed by atoms with van der Waals surface area (Å²) in [5, 5.41) is 3.01. The third kappa shape index (κ3) is 5.77. The van der Waals surface area contributed by atoms with Gasteiger partial charge >= 0.3 is 0 Å². The van der Waals surface area contributed by atoms with E-state index in [9.17, 15) is 13.2 Å². The Labute approximate surface area is 191 Å². The average molecular weight is 451 g/mol. The molecule has 5 nitrogen and oxygen atoms in total. The number of hydrogen-bond acceptors (Lipinski definition) is 3. The standard InChI is InChI=1S/C26H30N2O3S/c1-20-15-16-24(21(2)17-20)28(32(30,31)23-13-9-6-10-14-23)19-25(29)27-26(3,4)18-22-11-7-5-8-12-22/h5-17H,18-19H2,1-4H3,(H,27,29). The maximum absolute atomic E-state index is 13.5. The van der Waals surface area contributed by atoms with E-state index in [-0.39, 0.29) is 17.3 Å². The molecule has 0 bridgehead atoms. The maximum Gasteiger partial charge on any atom is 0.264 e.